The maximum atomic E-state index is 14.7. The van der Waals surface area contributed by atoms with E-state index in [1.54, 1.807) is 6.07 Å². The van der Waals surface area contributed by atoms with E-state index >= 15 is 0 Å². The Morgan fingerprint density at radius 3 is 2.70 bits per heavy atom. The van der Waals surface area contributed by atoms with Gasteiger partial charge in [-0.3, -0.25) is 10.3 Å². The number of guanidine groups is 1. The topological polar surface area (TPSA) is 79.7 Å². The first kappa shape index (κ1) is 23.0. The van der Waals surface area contributed by atoms with Gasteiger partial charge in [-0.05, 0) is 55.5 Å². The van der Waals surface area contributed by atoms with E-state index < -0.39 is 0 Å². The largest absolute Gasteiger partial charge is 0.370 e. The van der Waals surface area contributed by atoms with Crippen LogP contribution in [0.3, 0.4) is 0 Å². The van der Waals surface area contributed by atoms with E-state index in [2.05, 4.69) is 27.3 Å². The number of halogens is 1. The molecule has 7 heteroatoms. The lowest BCUT2D eigenvalue weighted by atomic mass is 9.94. The van der Waals surface area contributed by atoms with Crippen LogP contribution in [-0.4, -0.2) is 42.2 Å². The molecule has 1 aliphatic heterocycles. The van der Waals surface area contributed by atoms with Crippen molar-refractivity contribution in [2.24, 2.45) is 10.7 Å². The Kier molecular flexibility index (Phi) is 7.73. The van der Waals surface area contributed by atoms with Crippen molar-refractivity contribution in [3.63, 3.8) is 0 Å². The van der Waals surface area contributed by atoms with Crippen molar-refractivity contribution < 1.29 is 8.91 Å². The molecule has 3 aromatic rings. The fraction of sp³-hybridized carbons (Fsp3) is 0.385. The van der Waals surface area contributed by atoms with Crippen molar-refractivity contribution in [1.82, 2.24) is 10.1 Å². The summed E-state index contributed by atoms with van der Waals surface area (Å²) >= 11 is 0. The molecular weight excluding hydrogens is 417 g/mol. The molecule has 1 fully saturated rings. The van der Waals surface area contributed by atoms with Crippen molar-refractivity contribution in [3.8, 4) is 11.1 Å². The molecule has 0 radical (unpaired) electrons. The third-order valence-electron chi connectivity index (χ3n) is 6.12. The van der Waals surface area contributed by atoms with E-state index in [9.17, 15) is 4.39 Å². The smallest absolute Gasteiger partial charge is 0.231 e. The van der Waals surface area contributed by atoms with Gasteiger partial charge in [0.25, 0.3) is 0 Å². The number of anilines is 1. The molecular formula is C26H32FN5O. The molecule has 1 aromatic heterocycles. The summed E-state index contributed by atoms with van der Waals surface area (Å²) in [6, 6.07) is 16.8. The van der Waals surface area contributed by atoms with Crippen LogP contribution in [0.2, 0.25) is 0 Å². The van der Waals surface area contributed by atoms with Gasteiger partial charge in [-0.1, -0.05) is 61.0 Å². The number of hydrogen-bond donors (Lipinski definition) is 2. The molecule has 2 aromatic carbocycles. The van der Waals surface area contributed by atoms with E-state index in [4.69, 9.17) is 10.3 Å². The lowest BCUT2D eigenvalue weighted by molar-refractivity contribution is 0.235. The molecule has 0 aliphatic carbocycles. The maximum absolute atomic E-state index is 14.7. The van der Waals surface area contributed by atoms with Crippen molar-refractivity contribution in [2.45, 2.75) is 38.5 Å². The number of piperidine rings is 1. The lowest BCUT2D eigenvalue weighted by Crippen LogP contribution is -2.32. The number of benzene rings is 2. The summed E-state index contributed by atoms with van der Waals surface area (Å²) in [7, 11) is 0. The number of nitrogens with one attached hydrogen (secondary N) is 1. The van der Waals surface area contributed by atoms with E-state index in [0.29, 0.717) is 30.4 Å². The van der Waals surface area contributed by atoms with Gasteiger partial charge < -0.3 is 15.2 Å². The van der Waals surface area contributed by atoms with Gasteiger partial charge in [0.1, 0.15) is 5.82 Å². The van der Waals surface area contributed by atoms with Crippen LogP contribution in [0.5, 0.6) is 0 Å². The van der Waals surface area contributed by atoms with Crippen molar-refractivity contribution in [1.29, 1.82) is 0 Å². The summed E-state index contributed by atoms with van der Waals surface area (Å²) in [4.78, 5) is 6.81. The standard InChI is InChI=1S/C26H32FN5O/c1-19(21-10-11-23(24(27)17-21)20-8-4-2-5-9-20)16-22-18-25(33-31-22)30-26(28)29-12-15-32-13-6-3-7-14-32/h2,4-5,8-11,17-19H,3,6-7,12-16H2,1H3,(H3,28,29,30). The van der Waals surface area contributed by atoms with Crippen LogP contribution < -0.4 is 11.1 Å². The summed E-state index contributed by atoms with van der Waals surface area (Å²) < 4.78 is 20.1. The molecule has 4 rings (SSSR count). The van der Waals surface area contributed by atoms with Gasteiger partial charge in [0.05, 0.1) is 12.2 Å². The first-order valence-corrected chi connectivity index (χ1v) is 11.7. The predicted molar refractivity (Wildman–Crippen MR) is 131 cm³/mol. The molecule has 174 valence electrons. The van der Waals surface area contributed by atoms with Crippen LogP contribution in [-0.2, 0) is 6.42 Å². The zero-order chi connectivity index (χ0) is 23.0. The Balaban J connectivity index is 1.30. The van der Waals surface area contributed by atoms with Crippen molar-refractivity contribution >= 4 is 11.8 Å². The Morgan fingerprint density at radius 1 is 1.15 bits per heavy atom. The zero-order valence-corrected chi connectivity index (χ0v) is 19.1. The molecule has 1 unspecified atom stereocenters. The van der Waals surface area contributed by atoms with Gasteiger partial charge in [-0.15, -0.1) is 0 Å². The van der Waals surface area contributed by atoms with Crippen LogP contribution in [0.4, 0.5) is 10.3 Å². The van der Waals surface area contributed by atoms with Crippen LogP contribution >= 0.6 is 0 Å². The SMILES string of the molecule is CC(Cc1cc(NC(N)=NCCN2CCCCC2)on1)c1ccc(-c2ccccc2)c(F)c1. The Morgan fingerprint density at radius 2 is 1.94 bits per heavy atom. The number of likely N-dealkylation sites (tertiary alicyclic amines) is 1. The maximum Gasteiger partial charge on any atom is 0.231 e. The highest BCUT2D eigenvalue weighted by Gasteiger charge is 2.14. The van der Waals surface area contributed by atoms with Crippen LogP contribution in [0, 0.1) is 5.82 Å². The molecule has 2 heterocycles. The van der Waals surface area contributed by atoms with Gasteiger partial charge in [-0.2, -0.15) is 0 Å². The number of rotatable bonds is 8. The number of nitrogens with two attached hydrogens (primary N) is 1. The molecule has 0 saturated carbocycles. The Bertz CT molecular complexity index is 1060. The summed E-state index contributed by atoms with van der Waals surface area (Å²) in [6.45, 7) is 5.91. The minimum atomic E-state index is -0.221. The molecule has 0 bridgehead atoms. The van der Waals surface area contributed by atoms with Gasteiger partial charge in [0.15, 0.2) is 5.96 Å². The average Bonchev–Trinajstić information content (AvgIpc) is 3.26. The van der Waals surface area contributed by atoms with E-state index in [-0.39, 0.29) is 11.7 Å². The molecule has 6 nitrogen and oxygen atoms in total. The third-order valence-corrected chi connectivity index (χ3v) is 6.12. The molecule has 0 amide bonds. The fourth-order valence-corrected chi connectivity index (χ4v) is 4.25. The minimum Gasteiger partial charge on any atom is -0.370 e. The second-order valence-electron chi connectivity index (χ2n) is 8.69. The Hall–Kier alpha value is -3.19. The highest BCUT2D eigenvalue weighted by molar-refractivity contribution is 5.90. The average molecular weight is 450 g/mol. The Labute approximate surface area is 194 Å². The minimum absolute atomic E-state index is 0.0813. The molecule has 3 N–H and O–H groups in total. The monoisotopic (exact) mass is 449 g/mol. The second kappa shape index (κ2) is 11.1. The predicted octanol–water partition coefficient (Wildman–Crippen LogP) is 5.04. The fourth-order valence-electron chi connectivity index (χ4n) is 4.25. The van der Waals surface area contributed by atoms with Crippen LogP contribution in [0.15, 0.2) is 64.1 Å². The summed E-state index contributed by atoms with van der Waals surface area (Å²) in [6.07, 6.45) is 4.48. The first-order valence-electron chi connectivity index (χ1n) is 11.7. The number of nitrogens with zero attached hydrogens (tertiary/aromatic N) is 3. The number of aromatic nitrogens is 1. The van der Waals surface area contributed by atoms with Gasteiger partial charge in [0.2, 0.25) is 5.88 Å². The van der Waals surface area contributed by atoms with Crippen molar-refractivity contribution in [2.75, 3.05) is 31.5 Å². The molecule has 33 heavy (non-hydrogen) atoms. The van der Waals surface area contributed by atoms with E-state index in [0.717, 1.165) is 36.5 Å². The number of hydrogen-bond acceptors (Lipinski definition) is 4. The summed E-state index contributed by atoms with van der Waals surface area (Å²) in [5, 5.41) is 7.09. The van der Waals surface area contributed by atoms with Gasteiger partial charge in [0, 0.05) is 18.2 Å². The second-order valence-corrected chi connectivity index (χ2v) is 8.69. The van der Waals surface area contributed by atoms with Crippen LogP contribution in [0.25, 0.3) is 11.1 Å². The highest BCUT2D eigenvalue weighted by atomic mass is 19.1. The van der Waals surface area contributed by atoms with E-state index in [1.807, 2.05) is 48.5 Å². The normalized spacial score (nSPS) is 16.0. The third kappa shape index (κ3) is 6.42. The van der Waals surface area contributed by atoms with Crippen molar-refractivity contribution in [3.05, 3.63) is 71.7 Å². The van der Waals surface area contributed by atoms with E-state index in [1.165, 1.54) is 19.3 Å². The molecule has 0 spiro atoms. The van der Waals surface area contributed by atoms with Crippen LogP contribution in [0.1, 0.15) is 43.4 Å². The van der Waals surface area contributed by atoms with Gasteiger partial charge >= 0.3 is 0 Å². The number of aliphatic imine (C=N–C) groups is 1. The zero-order valence-electron chi connectivity index (χ0n) is 19.1. The summed E-state index contributed by atoms with van der Waals surface area (Å²) in [5.41, 5.74) is 9.17. The highest BCUT2D eigenvalue weighted by Crippen LogP contribution is 2.28. The summed E-state index contributed by atoms with van der Waals surface area (Å²) in [5.74, 6) is 0.641. The van der Waals surface area contributed by atoms with Gasteiger partial charge in [-0.25, -0.2) is 4.39 Å². The molecule has 1 saturated heterocycles. The molecule has 1 atom stereocenters. The quantitative estimate of drug-likeness (QED) is 0.372. The molecule has 1 aliphatic rings. The first-order chi connectivity index (χ1) is 16.1. The lowest BCUT2D eigenvalue weighted by Gasteiger charge is -2.25.